The smallest absolute Gasteiger partial charge is 0.263 e. The molecule has 3 aromatic rings. The van der Waals surface area contributed by atoms with Crippen molar-refractivity contribution in [2.45, 2.75) is 25.7 Å². The second-order valence-corrected chi connectivity index (χ2v) is 8.90. The summed E-state index contributed by atoms with van der Waals surface area (Å²) < 4.78 is 28.1. The van der Waals surface area contributed by atoms with Crippen molar-refractivity contribution in [3.63, 3.8) is 0 Å². The lowest BCUT2D eigenvalue weighted by Crippen LogP contribution is -2.17. The molecular weight excluding hydrogens is 408 g/mol. The van der Waals surface area contributed by atoms with E-state index in [-0.39, 0.29) is 15.5 Å². The molecule has 3 rings (SSSR count). The van der Waals surface area contributed by atoms with Gasteiger partial charge in [-0.15, -0.1) is 0 Å². The largest absolute Gasteiger partial charge is 0.322 e. The molecule has 0 spiro atoms. The number of sulfonamides is 1. The lowest BCUT2D eigenvalue weighted by Gasteiger charge is -2.13. The van der Waals surface area contributed by atoms with Crippen LogP contribution in [0.5, 0.6) is 0 Å². The summed E-state index contributed by atoms with van der Waals surface area (Å²) in [5.74, 6) is -0.411. The highest BCUT2D eigenvalue weighted by Gasteiger charge is 2.21. The molecule has 0 unspecified atom stereocenters. The minimum atomic E-state index is -3.96. The molecule has 0 aliphatic carbocycles. The minimum absolute atomic E-state index is 0.0354. The SMILES string of the molecule is Cc1ccc(NS(=O)(=O)c2cc(C(=O)Nc3c(C)cccc3C)ccc2Cl)cc1. The molecule has 0 saturated heterocycles. The van der Waals surface area contributed by atoms with Crippen LogP contribution in [0.3, 0.4) is 0 Å². The lowest BCUT2D eigenvalue weighted by molar-refractivity contribution is 0.102. The molecular formula is C22H21ClN2O3S. The van der Waals surface area contributed by atoms with E-state index in [1.165, 1.54) is 18.2 Å². The van der Waals surface area contributed by atoms with Crippen LogP contribution in [0.25, 0.3) is 0 Å². The summed E-state index contributed by atoms with van der Waals surface area (Å²) in [7, 11) is -3.96. The lowest BCUT2D eigenvalue weighted by atomic mass is 10.1. The predicted octanol–water partition coefficient (Wildman–Crippen LogP) is 5.32. The molecule has 0 bridgehead atoms. The fourth-order valence-electron chi connectivity index (χ4n) is 2.88. The molecule has 0 aliphatic rings. The van der Waals surface area contributed by atoms with Gasteiger partial charge >= 0.3 is 0 Å². The maximum Gasteiger partial charge on any atom is 0.263 e. The van der Waals surface area contributed by atoms with Crippen molar-refractivity contribution < 1.29 is 13.2 Å². The van der Waals surface area contributed by atoms with Gasteiger partial charge in [-0.1, -0.05) is 47.5 Å². The van der Waals surface area contributed by atoms with Crippen LogP contribution in [0.15, 0.2) is 65.6 Å². The van der Waals surface area contributed by atoms with Crippen molar-refractivity contribution in [2.75, 3.05) is 10.0 Å². The molecule has 5 nitrogen and oxygen atoms in total. The first kappa shape index (κ1) is 20.9. The number of benzene rings is 3. The number of carbonyl (C=O) groups excluding carboxylic acids is 1. The van der Waals surface area contributed by atoms with Gasteiger partial charge in [0, 0.05) is 16.9 Å². The Balaban J connectivity index is 1.91. The Hall–Kier alpha value is -2.83. The summed E-state index contributed by atoms with van der Waals surface area (Å²) >= 11 is 6.14. The molecule has 2 N–H and O–H groups in total. The Bertz CT molecular complexity index is 1150. The number of hydrogen-bond donors (Lipinski definition) is 2. The third-order valence-electron chi connectivity index (χ3n) is 4.51. The van der Waals surface area contributed by atoms with Gasteiger partial charge in [-0.05, 0) is 62.2 Å². The Morgan fingerprint density at radius 3 is 2.14 bits per heavy atom. The van der Waals surface area contributed by atoms with Gasteiger partial charge < -0.3 is 5.32 Å². The standard InChI is InChI=1S/C22H21ClN2O3S/c1-14-7-10-18(11-8-14)25-29(27,28)20-13-17(9-12-19(20)23)22(26)24-21-15(2)5-4-6-16(21)3/h4-13,25H,1-3H3,(H,24,26). The summed E-state index contributed by atoms with van der Waals surface area (Å²) in [6.07, 6.45) is 0. The predicted molar refractivity (Wildman–Crippen MR) is 117 cm³/mol. The first-order valence-corrected chi connectivity index (χ1v) is 10.8. The van der Waals surface area contributed by atoms with Crippen LogP contribution in [0.2, 0.25) is 5.02 Å². The second kappa shape index (κ2) is 8.27. The van der Waals surface area contributed by atoms with Crippen molar-refractivity contribution >= 4 is 38.9 Å². The molecule has 1 amide bonds. The van der Waals surface area contributed by atoms with Crippen molar-refractivity contribution in [3.05, 3.63) is 87.9 Å². The van der Waals surface area contributed by atoms with Gasteiger partial charge in [0.2, 0.25) is 0 Å². The Kier molecular flexibility index (Phi) is 5.96. The first-order valence-electron chi connectivity index (χ1n) is 8.94. The van der Waals surface area contributed by atoms with Gasteiger partial charge in [-0.25, -0.2) is 8.42 Å². The van der Waals surface area contributed by atoms with E-state index in [2.05, 4.69) is 10.0 Å². The van der Waals surface area contributed by atoms with Crippen LogP contribution < -0.4 is 10.0 Å². The third kappa shape index (κ3) is 4.78. The fraction of sp³-hybridized carbons (Fsp3) is 0.136. The van der Waals surface area contributed by atoms with Gasteiger partial charge in [-0.2, -0.15) is 0 Å². The number of hydrogen-bond acceptors (Lipinski definition) is 3. The van der Waals surface area contributed by atoms with Crippen LogP contribution in [0.1, 0.15) is 27.0 Å². The molecule has 0 radical (unpaired) electrons. The summed E-state index contributed by atoms with van der Waals surface area (Å²) in [4.78, 5) is 12.6. The molecule has 150 valence electrons. The van der Waals surface area contributed by atoms with Gasteiger partial charge in [-0.3, -0.25) is 9.52 Å². The summed E-state index contributed by atoms with van der Waals surface area (Å²) in [6, 6.07) is 16.8. The fourth-order valence-corrected chi connectivity index (χ4v) is 4.47. The number of aryl methyl sites for hydroxylation is 3. The topological polar surface area (TPSA) is 75.3 Å². The van der Waals surface area contributed by atoms with E-state index in [1.807, 2.05) is 39.0 Å². The Morgan fingerprint density at radius 1 is 0.897 bits per heavy atom. The average Bonchev–Trinajstić information content (AvgIpc) is 2.66. The highest BCUT2D eigenvalue weighted by Crippen LogP contribution is 2.26. The van der Waals surface area contributed by atoms with E-state index in [4.69, 9.17) is 11.6 Å². The van der Waals surface area contributed by atoms with Crippen LogP contribution >= 0.6 is 11.6 Å². The van der Waals surface area contributed by atoms with Crippen LogP contribution in [0.4, 0.5) is 11.4 Å². The van der Waals surface area contributed by atoms with Crippen LogP contribution in [-0.4, -0.2) is 14.3 Å². The number of carbonyl (C=O) groups is 1. The second-order valence-electron chi connectivity index (χ2n) is 6.84. The van der Waals surface area contributed by atoms with Crippen molar-refractivity contribution in [1.29, 1.82) is 0 Å². The number of rotatable bonds is 5. The Morgan fingerprint density at radius 2 is 1.52 bits per heavy atom. The maximum absolute atomic E-state index is 12.8. The molecule has 0 fully saturated rings. The summed E-state index contributed by atoms with van der Waals surface area (Å²) in [6.45, 7) is 5.70. The van der Waals surface area contributed by atoms with E-state index >= 15 is 0 Å². The zero-order chi connectivity index (χ0) is 21.2. The Labute approximate surface area is 175 Å². The number of nitrogens with one attached hydrogen (secondary N) is 2. The van der Waals surface area contributed by atoms with Crippen LogP contribution in [0, 0.1) is 20.8 Å². The van der Waals surface area contributed by atoms with Crippen molar-refractivity contribution in [2.24, 2.45) is 0 Å². The molecule has 29 heavy (non-hydrogen) atoms. The van der Waals surface area contributed by atoms with Gasteiger partial charge in [0.05, 0.1) is 5.02 Å². The quantitative estimate of drug-likeness (QED) is 0.577. The highest BCUT2D eigenvalue weighted by molar-refractivity contribution is 7.92. The molecule has 0 atom stereocenters. The first-order chi connectivity index (χ1) is 13.7. The average molecular weight is 429 g/mol. The number of para-hydroxylation sites is 1. The third-order valence-corrected chi connectivity index (χ3v) is 6.37. The number of anilines is 2. The van der Waals surface area contributed by atoms with Gasteiger partial charge in [0.25, 0.3) is 15.9 Å². The maximum atomic E-state index is 12.8. The normalized spacial score (nSPS) is 11.2. The molecule has 7 heteroatoms. The molecule has 0 heterocycles. The van der Waals surface area contributed by atoms with E-state index < -0.39 is 15.9 Å². The van der Waals surface area contributed by atoms with E-state index in [0.29, 0.717) is 11.4 Å². The van der Waals surface area contributed by atoms with Crippen LogP contribution in [-0.2, 0) is 10.0 Å². The van der Waals surface area contributed by atoms with Crippen molar-refractivity contribution in [1.82, 2.24) is 0 Å². The van der Waals surface area contributed by atoms with E-state index in [1.54, 1.807) is 24.3 Å². The number of amides is 1. The molecule has 0 aromatic heterocycles. The van der Waals surface area contributed by atoms with Crippen molar-refractivity contribution in [3.8, 4) is 0 Å². The highest BCUT2D eigenvalue weighted by atomic mass is 35.5. The zero-order valence-corrected chi connectivity index (χ0v) is 17.9. The monoisotopic (exact) mass is 428 g/mol. The number of halogens is 1. The minimum Gasteiger partial charge on any atom is -0.322 e. The van der Waals surface area contributed by atoms with Gasteiger partial charge in [0.15, 0.2) is 0 Å². The molecule has 3 aromatic carbocycles. The van der Waals surface area contributed by atoms with Gasteiger partial charge in [0.1, 0.15) is 4.90 Å². The summed E-state index contributed by atoms with van der Waals surface area (Å²) in [5, 5.41) is 2.89. The summed E-state index contributed by atoms with van der Waals surface area (Å²) in [5.41, 5.74) is 4.16. The van der Waals surface area contributed by atoms with E-state index in [9.17, 15) is 13.2 Å². The van der Waals surface area contributed by atoms with E-state index in [0.717, 1.165) is 16.7 Å². The molecule has 0 saturated carbocycles. The molecule has 0 aliphatic heterocycles. The zero-order valence-electron chi connectivity index (χ0n) is 16.3.